The van der Waals surface area contributed by atoms with E-state index in [1.54, 1.807) is 6.92 Å². The zero-order chi connectivity index (χ0) is 13.3. The van der Waals surface area contributed by atoms with E-state index in [9.17, 15) is 17.2 Å². The van der Waals surface area contributed by atoms with Gasteiger partial charge in [-0.3, -0.25) is 0 Å². The van der Waals surface area contributed by atoms with E-state index in [-0.39, 0.29) is 10.9 Å². The van der Waals surface area contributed by atoms with Gasteiger partial charge in [-0.15, -0.1) is 0 Å². The van der Waals surface area contributed by atoms with E-state index >= 15 is 0 Å². The highest BCUT2D eigenvalue weighted by molar-refractivity contribution is 7.89. The summed E-state index contributed by atoms with van der Waals surface area (Å²) in [5.74, 6) is -1.78. The molecule has 7 heteroatoms. The SMILES string of the molecule is C[C@@H]1CNCCN1S(=O)(=O)c1cc(F)cc(F)c1. The minimum atomic E-state index is -3.84. The van der Waals surface area contributed by atoms with Crippen LogP contribution in [0.15, 0.2) is 23.1 Å². The van der Waals surface area contributed by atoms with Crippen molar-refractivity contribution >= 4 is 10.0 Å². The first kappa shape index (κ1) is 13.4. The van der Waals surface area contributed by atoms with Crippen molar-refractivity contribution in [1.82, 2.24) is 9.62 Å². The molecule has 1 aliphatic heterocycles. The van der Waals surface area contributed by atoms with E-state index in [2.05, 4.69) is 5.32 Å². The molecule has 0 bridgehead atoms. The fourth-order valence-corrected chi connectivity index (χ4v) is 3.67. The molecule has 1 fully saturated rings. The van der Waals surface area contributed by atoms with E-state index in [0.29, 0.717) is 25.7 Å². The van der Waals surface area contributed by atoms with E-state index in [4.69, 9.17) is 0 Å². The molecule has 0 spiro atoms. The quantitative estimate of drug-likeness (QED) is 0.875. The monoisotopic (exact) mass is 276 g/mol. The van der Waals surface area contributed by atoms with Gasteiger partial charge in [-0.25, -0.2) is 17.2 Å². The molecule has 18 heavy (non-hydrogen) atoms. The van der Waals surface area contributed by atoms with Gasteiger partial charge in [-0.05, 0) is 19.1 Å². The molecule has 0 radical (unpaired) electrons. The molecule has 1 aliphatic rings. The minimum Gasteiger partial charge on any atom is -0.314 e. The molecule has 4 nitrogen and oxygen atoms in total. The van der Waals surface area contributed by atoms with Crippen LogP contribution in [0, 0.1) is 11.6 Å². The molecule has 1 heterocycles. The number of benzene rings is 1. The van der Waals surface area contributed by atoms with Crippen LogP contribution in [0.25, 0.3) is 0 Å². The largest absolute Gasteiger partial charge is 0.314 e. The summed E-state index contributed by atoms with van der Waals surface area (Å²) in [6, 6.07) is 2.09. The Labute approximate surface area is 105 Å². The van der Waals surface area contributed by atoms with Crippen LogP contribution in [-0.2, 0) is 10.0 Å². The third kappa shape index (κ3) is 2.52. The minimum absolute atomic E-state index is 0.241. The van der Waals surface area contributed by atoms with E-state index in [1.165, 1.54) is 4.31 Å². The molecule has 2 rings (SSSR count). The van der Waals surface area contributed by atoms with Crippen LogP contribution in [0.5, 0.6) is 0 Å². The van der Waals surface area contributed by atoms with E-state index < -0.39 is 21.7 Å². The number of piperazine rings is 1. The van der Waals surface area contributed by atoms with Gasteiger partial charge in [0.25, 0.3) is 0 Å². The highest BCUT2D eigenvalue weighted by atomic mass is 32.2. The third-order valence-corrected chi connectivity index (χ3v) is 4.87. The van der Waals surface area contributed by atoms with Crippen LogP contribution < -0.4 is 5.32 Å². The first-order valence-electron chi connectivity index (χ1n) is 5.60. The van der Waals surface area contributed by atoms with Crippen LogP contribution in [-0.4, -0.2) is 38.4 Å². The Hall–Kier alpha value is -1.05. The molecule has 1 saturated heterocycles. The van der Waals surface area contributed by atoms with Crippen molar-refractivity contribution in [2.75, 3.05) is 19.6 Å². The zero-order valence-electron chi connectivity index (χ0n) is 9.86. The number of rotatable bonds is 2. The van der Waals surface area contributed by atoms with Gasteiger partial charge >= 0.3 is 0 Å². The van der Waals surface area contributed by atoms with Gasteiger partial charge in [-0.2, -0.15) is 4.31 Å². The van der Waals surface area contributed by atoms with Crippen LogP contribution in [0.1, 0.15) is 6.92 Å². The smallest absolute Gasteiger partial charge is 0.243 e. The average molecular weight is 276 g/mol. The predicted molar refractivity (Wildman–Crippen MR) is 62.6 cm³/mol. The van der Waals surface area contributed by atoms with Crippen LogP contribution in [0.2, 0.25) is 0 Å². The number of nitrogens with zero attached hydrogens (tertiary/aromatic N) is 1. The van der Waals surface area contributed by atoms with Gasteiger partial charge in [0.2, 0.25) is 10.0 Å². The summed E-state index contributed by atoms with van der Waals surface area (Å²) in [5.41, 5.74) is 0. The number of hydrogen-bond acceptors (Lipinski definition) is 3. The molecule has 1 N–H and O–H groups in total. The molecule has 0 aromatic heterocycles. The summed E-state index contributed by atoms with van der Waals surface area (Å²) in [4.78, 5) is -0.339. The molecule has 0 amide bonds. The normalized spacial score (nSPS) is 22.1. The number of hydrogen-bond donors (Lipinski definition) is 1. The lowest BCUT2D eigenvalue weighted by atomic mass is 10.3. The van der Waals surface area contributed by atoms with Crippen LogP contribution in [0.4, 0.5) is 8.78 Å². The molecule has 1 atom stereocenters. The molecule has 0 aliphatic carbocycles. The Kier molecular flexibility index (Phi) is 3.65. The predicted octanol–water partition coefficient (Wildman–Crippen LogP) is 0.947. The molecule has 0 saturated carbocycles. The Morgan fingerprint density at radius 2 is 1.89 bits per heavy atom. The van der Waals surface area contributed by atoms with Gasteiger partial charge in [0.05, 0.1) is 4.90 Å². The number of nitrogens with one attached hydrogen (secondary N) is 1. The highest BCUT2D eigenvalue weighted by Gasteiger charge is 2.31. The lowest BCUT2D eigenvalue weighted by molar-refractivity contribution is 0.283. The van der Waals surface area contributed by atoms with Gasteiger partial charge in [-0.1, -0.05) is 0 Å². The number of sulfonamides is 1. The first-order valence-corrected chi connectivity index (χ1v) is 7.04. The van der Waals surface area contributed by atoms with Gasteiger partial charge in [0.1, 0.15) is 11.6 Å². The fraction of sp³-hybridized carbons (Fsp3) is 0.455. The molecular weight excluding hydrogens is 262 g/mol. The topological polar surface area (TPSA) is 49.4 Å². The summed E-state index contributed by atoms with van der Waals surface area (Å²) in [6.07, 6.45) is 0. The third-order valence-electron chi connectivity index (χ3n) is 2.88. The van der Waals surface area contributed by atoms with Crippen LogP contribution >= 0.6 is 0 Å². The first-order chi connectivity index (χ1) is 8.41. The summed E-state index contributed by atoms with van der Waals surface area (Å²) in [5, 5.41) is 3.06. The summed E-state index contributed by atoms with van der Waals surface area (Å²) >= 11 is 0. The lowest BCUT2D eigenvalue weighted by Gasteiger charge is -2.32. The van der Waals surface area contributed by atoms with Crippen molar-refractivity contribution < 1.29 is 17.2 Å². The molecule has 1 aromatic carbocycles. The standard InChI is InChI=1S/C11H14F2N2O2S/c1-8-7-14-2-3-15(8)18(16,17)11-5-9(12)4-10(13)6-11/h4-6,8,14H,2-3,7H2,1H3/t8-/m1/s1. The van der Waals surface area contributed by atoms with Gasteiger partial charge in [0.15, 0.2) is 0 Å². The highest BCUT2D eigenvalue weighted by Crippen LogP contribution is 2.21. The fourth-order valence-electron chi connectivity index (χ4n) is 1.99. The Bertz CT molecular complexity index is 528. The second-order valence-corrected chi connectivity index (χ2v) is 6.16. The van der Waals surface area contributed by atoms with E-state index in [0.717, 1.165) is 12.1 Å². The Morgan fingerprint density at radius 3 is 2.44 bits per heavy atom. The second kappa shape index (κ2) is 4.91. The molecular formula is C11H14F2N2O2S. The van der Waals surface area contributed by atoms with Crippen molar-refractivity contribution in [1.29, 1.82) is 0 Å². The van der Waals surface area contributed by atoms with Crippen molar-refractivity contribution in [3.05, 3.63) is 29.8 Å². The summed E-state index contributed by atoms with van der Waals surface area (Å²) in [7, 11) is -3.84. The summed E-state index contributed by atoms with van der Waals surface area (Å²) in [6.45, 7) is 3.10. The van der Waals surface area contributed by atoms with Crippen molar-refractivity contribution in [3.8, 4) is 0 Å². The van der Waals surface area contributed by atoms with Gasteiger partial charge < -0.3 is 5.32 Å². The zero-order valence-corrected chi connectivity index (χ0v) is 10.7. The Balaban J connectivity index is 2.40. The summed E-state index contributed by atoms with van der Waals surface area (Å²) < 4.78 is 52.0. The maximum absolute atomic E-state index is 13.1. The van der Waals surface area contributed by atoms with Gasteiger partial charge in [0, 0.05) is 31.7 Å². The molecule has 1 aromatic rings. The van der Waals surface area contributed by atoms with Crippen molar-refractivity contribution in [2.24, 2.45) is 0 Å². The van der Waals surface area contributed by atoms with Crippen molar-refractivity contribution in [3.63, 3.8) is 0 Å². The van der Waals surface area contributed by atoms with E-state index in [1.807, 2.05) is 0 Å². The molecule has 0 unspecified atom stereocenters. The second-order valence-electron chi connectivity index (χ2n) is 4.27. The maximum Gasteiger partial charge on any atom is 0.243 e. The van der Waals surface area contributed by atoms with Crippen LogP contribution in [0.3, 0.4) is 0 Å². The van der Waals surface area contributed by atoms with Crippen molar-refractivity contribution in [2.45, 2.75) is 17.9 Å². The Morgan fingerprint density at radius 1 is 1.28 bits per heavy atom. The number of halogens is 2. The molecule has 100 valence electrons. The lowest BCUT2D eigenvalue weighted by Crippen LogP contribution is -2.52. The maximum atomic E-state index is 13.1. The average Bonchev–Trinajstić information content (AvgIpc) is 2.28.